The number of aromatic nitrogens is 1. The number of hydrazine groups is 1. The third-order valence-electron chi connectivity index (χ3n) is 2.52. The van der Waals surface area contributed by atoms with Crippen molar-refractivity contribution in [1.29, 1.82) is 0 Å². The molecule has 17 heavy (non-hydrogen) atoms. The average molecular weight is 271 g/mol. The van der Waals surface area contributed by atoms with E-state index in [1.54, 1.807) is 0 Å². The van der Waals surface area contributed by atoms with E-state index >= 15 is 0 Å². The van der Waals surface area contributed by atoms with Crippen molar-refractivity contribution in [2.75, 3.05) is 0 Å². The molecule has 1 aromatic heterocycles. The number of carbonyl (C=O) groups is 2. The Labute approximate surface area is 108 Å². The molecule has 0 aromatic carbocycles. The molecule has 0 unspecified atom stereocenters. The van der Waals surface area contributed by atoms with Crippen LogP contribution in [0.3, 0.4) is 0 Å². The van der Waals surface area contributed by atoms with Gasteiger partial charge in [-0.05, 0) is 32.0 Å². The minimum Gasteiger partial charge on any atom is -0.341 e. The molecular weight excluding hydrogens is 258 g/mol. The van der Waals surface area contributed by atoms with Gasteiger partial charge in [-0.1, -0.05) is 0 Å². The zero-order chi connectivity index (χ0) is 12.4. The molecular formula is C10H13N3O2S2. The molecule has 2 amide bonds. The Morgan fingerprint density at radius 1 is 1.47 bits per heavy atom. The number of hydrogen-bond acceptors (Lipinski definition) is 4. The number of aromatic amines is 1. The molecule has 0 spiro atoms. The van der Waals surface area contributed by atoms with Crippen LogP contribution in [0.4, 0.5) is 0 Å². The Balaban J connectivity index is 1.82. The predicted molar refractivity (Wildman–Crippen MR) is 67.0 cm³/mol. The fourth-order valence-electron chi connectivity index (χ4n) is 1.37. The van der Waals surface area contributed by atoms with Gasteiger partial charge in [-0.2, -0.15) is 0 Å². The minimum atomic E-state index is -0.229. The molecule has 7 heteroatoms. The lowest BCUT2D eigenvalue weighted by atomic mass is 10.3. The van der Waals surface area contributed by atoms with Gasteiger partial charge in [0.15, 0.2) is 3.95 Å². The molecule has 1 fully saturated rings. The molecule has 0 atom stereocenters. The third kappa shape index (κ3) is 3.37. The maximum Gasteiger partial charge on any atom is 0.243 e. The summed E-state index contributed by atoms with van der Waals surface area (Å²) in [6.07, 6.45) is 2.06. The number of carbonyl (C=O) groups excluding carboxylic acids is 2. The van der Waals surface area contributed by atoms with E-state index in [1.807, 2.05) is 6.92 Å². The molecule has 2 rings (SSSR count). The van der Waals surface area contributed by atoms with Crippen LogP contribution in [-0.2, 0) is 16.0 Å². The van der Waals surface area contributed by atoms with Crippen molar-refractivity contribution < 1.29 is 9.59 Å². The molecule has 0 radical (unpaired) electrons. The lowest BCUT2D eigenvalue weighted by molar-refractivity contribution is -0.129. The molecule has 0 saturated heterocycles. The summed E-state index contributed by atoms with van der Waals surface area (Å²) in [5.41, 5.74) is 5.74. The second-order valence-corrected chi connectivity index (χ2v) is 5.82. The number of H-pyrrole nitrogens is 1. The third-order valence-corrected chi connectivity index (χ3v) is 3.85. The van der Waals surface area contributed by atoms with Gasteiger partial charge >= 0.3 is 0 Å². The summed E-state index contributed by atoms with van der Waals surface area (Å²) in [6.45, 7) is 1.87. The second kappa shape index (κ2) is 4.97. The quantitative estimate of drug-likeness (QED) is 0.571. The summed E-state index contributed by atoms with van der Waals surface area (Å²) in [5, 5.41) is 0. The van der Waals surface area contributed by atoms with Crippen LogP contribution in [0, 0.1) is 16.8 Å². The Bertz CT molecular complexity index is 502. The number of thiazole rings is 1. The van der Waals surface area contributed by atoms with E-state index in [0.717, 1.165) is 23.4 Å². The standard InChI is InChI=1S/C10H13N3O2S2/c1-5-7(17-10(16)11-5)4-8(14)12-13-9(15)6-2-3-6/h6H,2-4H2,1H3,(H,11,16)(H,12,14)(H,13,15). The van der Waals surface area contributed by atoms with E-state index in [1.165, 1.54) is 11.3 Å². The van der Waals surface area contributed by atoms with Crippen LogP contribution in [-0.4, -0.2) is 16.8 Å². The monoisotopic (exact) mass is 271 g/mol. The van der Waals surface area contributed by atoms with Crippen molar-refractivity contribution in [2.24, 2.45) is 5.92 Å². The molecule has 1 heterocycles. The van der Waals surface area contributed by atoms with Gasteiger partial charge in [0.2, 0.25) is 11.8 Å². The molecule has 1 aliphatic rings. The van der Waals surface area contributed by atoms with Gasteiger partial charge < -0.3 is 4.98 Å². The predicted octanol–water partition coefficient (Wildman–Crippen LogP) is 1.21. The van der Waals surface area contributed by atoms with Crippen LogP contribution in [0.1, 0.15) is 23.4 Å². The van der Waals surface area contributed by atoms with Crippen LogP contribution in [0.15, 0.2) is 0 Å². The number of aryl methyl sites for hydroxylation is 1. The van der Waals surface area contributed by atoms with Crippen LogP contribution in [0.5, 0.6) is 0 Å². The first kappa shape index (κ1) is 12.3. The highest BCUT2D eigenvalue weighted by Gasteiger charge is 2.29. The van der Waals surface area contributed by atoms with Gasteiger partial charge in [0.25, 0.3) is 0 Å². The summed E-state index contributed by atoms with van der Waals surface area (Å²) < 4.78 is 0.660. The van der Waals surface area contributed by atoms with E-state index in [4.69, 9.17) is 12.2 Å². The van der Waals surface area contributed by atoms with E-state index in [9.17, 15) is 9.59 Å². The Morgan fingerprint density at radius 2 is 2.18 bits per heavy atom. The van der Waals surface area contributed by atoms with Crippen molar-refractivity contribution in [3.05, 3.63) is 14.5 Å². The number of hydrogen-bond donors (Lipinski definition) is 3. The summed E-state index contributed by atoms with van der Waals surface area (Å²) in [5.74, 6) is -0.240. The van der Waals surface area contributed by atoms with Crippen LogP contribution in [0.25, 0.3) is 0 Å². The van der Waals surface area contributed by atoms with Crippen LogP contribution < -0.4 is 10.9 Å². The number of nitrogens with one attached hydrogen (secondary N) is 3. The van der Waals surface area contributed by atoms with Gasteiger partial charge in [-0.15, -0.1) is 11.3 Å². The minimum absolute atomic E-state index is 0.0892. The topological polar surface area (TPSA) is 74.0 Å². The van der Waals surface area contributed by atoms with Crippen LogP contribution >= 0.6 is 23.6 Å². The largest absolute Gasteiger partial charge is 0.341 e. The van der Waals surface area contributed by atoms with Gasteiger partial charge in [-0.3, -0.25) is 20.4 Å². The Kier molecular flexibility index (Phi) is 3.58. The fourth-order valence-corrected chi connectivity index (χ4v) is 2.66. The Morgan fingerprint density at radius 3 is 2.71 bits per heavy atom. The fraction of sp³-hybridized carbons (Fsp3) is 0.500. The average Bonchev–Trinajstić information content (AvgIpc) is 3.04. The van der Waals surface area contributed by atoms with Crippen LogP contribution in [0.2, 0.25) is 0 Å². The summed E-state index contributed by atoms with van der Waals surface area (Å²) in [7, 11) is 0. The van der Waals surface area contributed by atoms with E-state index in [0.29, 0.717) is 3.95 Å². The smallest absolute Gasteiger partial charge is 0.243 e. The lowest BCUT2D eigenvalue weighted by Gasteiger charge is -2.05. The highest BCUT2D eigenvalue weighted by molar-refractivity contribution is 7.73. The van der Waals surface area contributed by atoms with Gasteiger partial charge in [0.1, 0.15) is 0 Å². The summed E-state index contributed by atoms with van der Waals surface area (Å²) >= 11 is 6.36. The highest BCUT2D eigenvalue weighted by atomic mass is 32.1. The van der Waals surface area contributed by atoms with Gasteiger partial charge in [0.05, 0.1) is 6.42 Å². The lowest BCUT2D eigenvalue weighted by Crippen LogP contribution is -2.43. The summed E-state index contributed by atoms with van der Waals surface area (Å²) in [4.78, 5) is 26.7. The zero-order valence-corrected chi connectivity index (χ0v) is 11.0. The van der Waals surface area contributed by atoms with Crippen molar-refractivity contribution in [3.8, 4) is 0 Å². The van der Waals surface area contributed by atoms with E-state index in [2.05, 4.69) is 15.8 Å². The number of rotatable bonds is 3. The van der Waals surface area contributed by atoms with Crippen molar-refractivity contribution in [1.82, 2.24) is 15.8 Å². The number of amides is 2. The van der Waals surface area contributed by atoms with Crippen molar-refractivity contribution in [3.63, 3.8) is 0 Å². The van der Waals surface area contributed by atoms with Crippen molar-refractivity contribution >= 4 is 35.4 Å². The molecule has 0 bridgehead atoms. The van der Waals surface area contributed by atoms with E-state index in [-0.39, 0.29) is 24.2 Å². The molecule has 1 saturated carbocycles. The van der Waals surface area contributed by atoms with Gasteiger partial charge in [0, 0.05) is 16.5 Å². The normalized spacial score (nSPS) is 14.4. The SMILES string of the molecule is Cc1[nH]c(=S)sc1CC(=O)NNC(=O)C1CC1. The van der Waals surface area contributed by atoms with E-state index < -0.39 is 0 Å². The molecule has 92 valence electrons. The zero-order valence-electron chi connectivity index (χ0n) is 9.33. The molecule has 5 nitrogen and oxygen atoms in total. The first-order chi connectivity index (χ1) is 8.06. The maximum absolute atomic E-state index is 11.6. The molecule has 0 aliphatic heterocycles. The molecule has 3 N–H and O–H groups in total. The van der Waals surface area contributed by atoms with Crippen molar-refractivity contribution in [2.45, 2.75) is 26.2 Å². The summed E-state index contributed by atoms with van der Waals surface area (Å²) in [6, 6.07) is 0. The molecule has 1 aliphatic carbocycles. The second-order valence-electron chi connectivity index (χ2n) is 4.05. The Hall–Kier alpha value is -1.21. The van der Waals surface area contributed by atoms with Gasteiger partial charge in [-0.25, -0.2) is 0 Å². The maximum atomic E-state index is 11.6. The highest BCUT2D eigenvalue weighted by Crippen LogP contribution is 2.28. The first-order valence-corrected chi connectivity index (χ1v) is 6.56. The first-order valence-electron chi connectivity index (χ1n) is 5.33. The molecule has 1 aromatic rings.